The van der Waals surface area contributed by atoms with Crippen molar-refractivity contribution in [2.45, 2.75) is 72.1 Å². The molecule has 0 radical (unpaired) electrons. The Labute approximate surface area is 264 Å². The average Bonchev–Trinajstić information content (AvgIpc) is 3.19. The second kappa shape index (κ2) is 15.0. The van der Waals surface area contributed by atoms with Gasteiger partial charge in [-0.1, -0.05) is 19.9 Å². The van der Waals surface area contributed by atoms with Gasteiger partial charge in [-0.15, -0.1) is 0 Å². The topological polar surface area (TPSA) is 153 Å². The predicted octanol–water partition coefficient (Wildman–Crippen LogP) is 3.94. The number of ether oxygens (including phenoxy) is 4. The first-order valence-corrected chi connectivity index (χ1v) is 15.0. The smallest absolute Gasteiger partial charge is 0.407 e. The van der Waals surface area contributed by atoms with Crippen molar-refractivity contribution >= 4 is 23.6 Å². The number of nitrogens with one attached hydrogen (secondary N) is 4. The van der Waals surface area contributed by atoms with Gasteiger partial charge in [0, 0.05) is 25.6 Å². The van der Waals surface area contributed by atoms with E-state index in [1.807, 2.05) is 19.9 Å². The normalized spacial score (nSPS) is 14.6. The van der Waals surface area contributed by atoms with Crippen LogP contribution in [-0.4, -0.2) is 64.0 Å². The fourth-order valence-electron chi connectivity index (χ4n) is 5.30. The summed E-state index contributed by atoms with van der Waals surface area (Å²) in [6, 6.07) is 5.62. The van der Waals surface area contributed by atoms with Crippen LogP contribution in [0.15, 0.2) is 29.1 Å². The Hall–Kier alpha value is -4.48. The average molecular weight is 627 g/mol. The highest BCUT2D eigenvalue weighted by atomic mass is 16.6. The van der Waals surface area contributed by atoms with E-state index in [0.29, 0.717) is 41.2 Å². The van der Waals surface area contributed by atoms with Crippen molar-refractivity contribution in [3.05, 3.63) is 45.6 Å². The lowest BCUT2D eigenvalue weighted by molar-refractivity contribution is -0.122. The molecule has 12 heteroatoms. The van der Waals surface area contributed by atoms with E-state index in [0.717, 1.165) is 11.1 Å². The molecule has 2 atom stereocenters. The van der Waals surface area contributed by atoms with Gasteiger partial charge in [-0.05, 0) is 74.4 Å². The highest BCUT2D eigenvalue weighted by Crippen LogP contribution is 2.50. The zero-order valence-electron chi connectivity index (χ0n) is 27.6. The van der Waals surface area contributed by atoms with E-state index in [-0.39, 0.29) is 41.9 Å². The number of methoxy groups -OCH3 is 3. The van der Waals surface area contributed by atoms with Crippen LogP contribution in [0.25, 0.3) is 11.1 Å². The Balaban J connectivity index is 2.00. The van der Waals surface area contributed by atoms with Crippen LogP contribution in [0, 0.1) is 5.92 Å². The van der Waals surface area contributed by atoms with Crippen molar-refractivity contribution in [2.24, 2.45) is 5.92 Å². The van der Waals surface area contributed by atoms with Gasteiger partial charge in [0.15, 0.2) is 11.5 Å². The summed E-state index contributed by atoms with van der Waals surface area (Å²) in [5, 5.41) is 11.5. The van der Waals surface area contributed by atoms with Gasteiger partial charge in [-0.3, -0.25) is 14.4 Å². The monoisotopic (exact) mass is 626 g/mol. The first-order valence-electron chi connectivity index (χ1n) is 15.0. The van der Waals surface area contributed by atoms with Gasteiger partial charge in [0.1, 0.15) is 11.6 Å². The van der Waals surface area contributed by atoms with Gasteiger partial charge in [-0.2, -0.15) is 0 Å². The fraction of sp³-hybridized carbons (Fsp3) is 0.515. The van der Waals surface area contributed by atoms with Gasteiger partial charge in [0.25, 0.3) is 0 Å². The number of alkyl carbamates (subject to hydrolysis) is 1. The molecule has 0 heterocycles. The molecule has 0 saturated carbocycles. The van der Waals surface area contributed by atoms with Crippen molar-refractivity contribution < 1.29 is 33.3 Å². The summed E-state index contributed by atoms with van der Waals surface area (Å²) in [6.07, 6.45) is 0.529. The molecule has 2 aromatic carbocycles. The molecule has 3 rings (SSSR count). The van der Waals surface area contributed by atoms with Crippen molar-refractivity contribution in [1.29, 1.82) is 0 Å². The van der Waals surface area contributed by atoms with E-state index in [4.69, 9.17) is 18.9 Å². The maximum atomic E-state index is 13.7. The molecule has 1 aliphatic rings. The zero-order chi connectivity index (χ0) is 33.5. The zero-order valence-corrected chi connectivity index (χ0v) is 27.6. The van der Waals surface area contributed by atoms with Crippen LogP contribution in [0.4, 0.5) is 10.5 Å². The molecule has 0 fully saturated rings. The van der Waals surface area contributed by atoms with E-state index in [2.05, 4.69) is 21.3 Å². The van der Waals surface area contributed by atoms with Crippen molar-refractivity contribution in [3.8, 4) is 28.4 Å². The minimum Gasteiger partial charge on any atom is -0.493 e. The van der Waals surface area contributed by atoms with E-state index in [9.17, 15) is 19.2 Å². The molecule has 0 unspecified atom stereocenters. The summed E-state index contributed by atoms with van der Waals surface area (Å²) < 4.78 is 22.3. The largest absolute Gasteiger partial charge is 0.493 e. The first-order chi connectivity index (χ1) is 21.2. The fourth-order valence-corrected chi connectivity index (χ4v) is 5.30. The highest BCUT2D eigenvalue weighted by Gasteiger charge is 2.30. The van der Waals surface area contributed by atoms with E-state index < -0.39 is 23.8 Å². The second-order valence-electron chi connectivity index (χ2n) is 12.2. The minimum atomic E-state index is -0.751. The Bertz CT molecular complexity index is 1470. The van der Waals surface area contributed by atoms with E-state index in [1.165, 1.54) is 27.2 Å². The molecule has 2 aromatic rings. The number of aryl methyl sites for hydroxylation is 1. The maximum absolute atomic E-state index is 13.7. The molecule has 0 spiro atoms. The van der Waals surface area contributed by atoms with Crippen molar-refractivity contribution in [2.75, 3.05) is 39.7 Å². The molecule has 45 heavy (non-hydrogen) atoms. The molecule has 12 nitrogen and oxygen atoms in total. The van der Waals surface area contributed by atoms with Crippen LogP contribution in [0.5, 0.6) is 17.2 Å². The number of hydrogen-bond acceptors (Lipinski definition) is 9. The summed E-state index contributed by atoms with van der Waals surface area (Å²) in [4.78, 5) is 51.0. The molecule has 0 aromatic heterocycles. The maximum Gasteiger partial charge on any atom is 0.407 e. The third-order valence-electron chi connectivity index (χ3n) is 7.27. The Morgan fingerprint density at radius 1 is 0.956 bits per heavy atom. The molecule has 246 valence electrons. The van der Waals surface area contributed by atoms with E-state index in [1.54, 1.807) is 40.0 Å². The van der Waals surface area contributed by atoms with Crippen LogP contribution < -0.4 is 40.9 Å². The van der Waals surface area contributed by atoms with Crippen molar-refractivity contribution in [3.63, 3.8) is 0 Å². The molecule has 4 N–H and O–H groups in total. The van der Waals surface area contributed by atoms with Gasteiger partial charge in [0.2, 0.25) is 23.0 Å². The Kier molecular flexibility index (Phi) is 11.7. The number of fused-ring (bicyclic) bond motifs is 3. The predicted molar refractivity (Wildman–Crippen MR) is 172 cm³/mol. The van der Waals surface area contributed by atoms with Crippen LogP contribution in [0.3, 0.4) is 0 Å². The molecule has 0 saturated heterocycles. The Morgan fingerprint density at radius 2 is 1.62 bits per heavy atom. The van der Waals surface area contributed by atoms with Gasteiger partial charge in [0.05, 0.1) is 33.1 Å². The third-order valence-corrected chi connectivity index (χ3v) is 7.27. The lowest BCUT2D eigenvalue weighted by atomic mass is 9.95. The quantitative estimate of drug-likeness (QED) is 0.272. The minimum absolute atomic E-state index is 0.171. The molecule has 0 aliphatic heterocycles. The van der Waals surface area contributed by atoms with Crippen LogP contribution >= 0.6 is 0 Å². The number of hydrogen-bond donors (Lipinski definition) is 4. The standard InChI is InChI=1S/C33H46N4O8/c1-18(2)28(31(40)34-14-15-35-32(41)45-33(4,5)6)37-24-13-11-21-22(17-25(24)39)23(36-19(3)38)12-10-20-16-26(42-7)29(43-8)30(44-9)27(20)21/h11,13,16-18,23,28H,10,12,14-15H2,1-9H3,(H,34,40)(H,35,41)(H,36,38)(H,37,39)/t23-,28-/m0/s1. The van der Waals surface area contributed by atoms with Gasteiger partial charge < -0.3 is 40.2 Å². The van der Waals surface area contributed by atoms with Crippen LogP contribution in [0.2, 0.25) is 0 Å². The number of anilines is 1. The van der Waals surface area contributed by atoms with Crippen LogP contribution in [-0.2, 0) is 20.7 Å². The van der Waals surface area contributed by atoms with Crippen LogP contribution in [0.1, 0.15) is 65.1 Å². The summed E-state index contributed by atoms with van der Waals surface area (Å²) in [6.45, 7) is 10.8. The van der Waals surface area contributed by atoms with E-state index >= 15 is 0 Å². The summed E-state index contributed by atoms with van der Waals surface area (Å²) in [5.74, 6) is 0.623. The number of carbonyl (C=O) groups excluding carboxylic acids is 3. The number of carbonyl (C=O) groups is 3. The molecular weight excluding hydrogens is 580 g/mol. The number of amides is 3. The SMILES string of the molecule is COc1cc2c(c(OC)c1OC)-c1ccc(N[C@H](C(=O)NCCNC(=O)OC(C)(C)C)C(C)C)c(=O)cc1[C@@H](NC(C)=O)CC2. The van der Waals surface area contributed by atoms with Crippen molar-refractivity contribution in [1.82, 2.24) is 16.0 Å². The first kappa shape index (κ1) is 35.0. The number of benzene rings is 1. The molecule has 0 bridgehead atoms. The van der Waals surface area contributed by atoms with Gasteiger partial charge >= 0.3 is 6.09 Å². The lowest BCUT2D eigenvalue weighted by Crippen LogP contribution is -2.46. The highest BCUT2D eigenvalue weighted by molar-refractivity contribution is 5.86. The molecular formula is C33H46N4O8. The summed E-state index contributed by atoms with van der Waals surface area (Å²) in [7, 11) is 4.62. The molecule has 3 amide bonds. The third kappa shape index (κ3) is 8.80. The number of rotatable bonds is 11. The second-order valence-corrected chi connectivity index (χ2v) is 12.2. The Morgan fingerprint density at radius 3 is 2.20 bits per heavy atom. The molecule has 1 aliphatic carbocycles. The summed E-state index contributed by atoms with van der Waals surface area (Å²) in [5.41, 5.74) is 2.18. The van der Waals surface area contributed by atoms with Gasteiger partial charge in [-0.25, -0.2) is 4.79 Å². The lowest BCUT2D eigenvalue weighted by Gasteiger charge is -2.22. The summed E-state index contributed by atoms with van der Waals surface area (Å²) >= 11 is 0.